The summed E-state index contributed by atoms with van der Waals surface area (Å²) in [5.74, 6) is 0.130. The van der Waals surface area contributed by atoms with Crippen LogP contribution in [0.15, 0.2) is 30.3 Å². The molecule has 0 saturated carbocycles. The zero-order valence-corrected chi connectivity index (χ0v) is 10.2. The number of nitrogens with zero attached hydrogens (tertiary/aromatic N) is 1. The van der Waals surface area contributed by atoms with Crippen LogP contribution in [0, 0.1) is 0 Å². The Hall–Kier alpha value is -1.35. The van der Waals surface area contributed by atoms with Gasteiger partial charge in [-0.25, -0.2) is 0 Å². The minimum Gasteiger partial charge on any atom is -0.347 e. The van der Waals surface area contributed by atoms with Crippen LogP contribution in [0.2, 0.25) is 0 Å². The van der Waals surface area contributed by atoms with Gasteiger partial charge < -0.3 is 10.2 Å². The number of rotatable bonds is 5. The maximum Gasteiger partial charge on any atom is 0.239 e. The second-order valence-electron chi connectivity index (χ2n) is 4.03. The van der Waals surface area contributed by atoms with Gasteiger partial charge in [-0.15, -0.1) is 0 Å². The van der Waals surface area contributed by atoms with E-state index in [0.717, 1.165) is 13.0 Å². The maximum atomic E-state index is 11.9. The minimum atomic E-state index is -0.123. The number of carbonyl (C=O) groups is 1. The molecule has 0 aliphatic carbocycles. The summed E-state index contributed by atoms with van der Waals surface area (Å²) in [6.45, 7) is 2.82. The van der Waals surface area contributed by atoms with E-state index in [1.165, 1.54) is 5.56 Å². The summed E-state index contributed by atoms with van der Waals surface area (Å²) in [5.41, 5.74) is 1.18. The molecule has 0 radical (unpaired) electrons. The Kier molecular flexibility index (Phi) is 4.99. The largest absolute Gasteiger partial charge is 0.347 e. The van der Waals surface area contributed by atoms with Crippen LogP contribution >= 0.6 is 0 Å². The third kappa shape index (κ3) is 3.66. The number of hydrogen-bond donors (Lipinski definition) is 1. The third-order valence-electron chi connectivity index (χ3n) is 2.47. The molecule has 0 bridgehead atoms. The maximum absolute atomic E-state index is 11.9. The lowest BCUT2D eigenvalue weighted by atomic mass is 10.1. The first kappa shape index (κ1) is 12.7. The molecular formula is C13H20N2O. The first-order valence-corrected chi connectivity index (χ1v) is 5.63. The number of hydrogen-bond acceptors (Lipinski definition) is 2. The van der Waals surface area contributed by atoms with Gasteiger partial charge in [-0.1, -0.05) is 37.3 Å². The highest BCUT2D eigenvalue weighted by Crippen LogP contribution is 2.04. The van der Waals surface area contributed by atoms with Crippen LogP contribution in [0.5, 0.6) is 0 Å². The molecule has 0 saturated heterocycles. The summed E-state index contributed by atoms with van der Waals surface area (Å²) >= 11 is 0. The number of likely N-dealkylation sites (N-methyl/N-ethyl adjacent to an activating group) is 2. The molecule has 88 valence electrons. The lowest BCUT2D eigenvalue weighted by Crippen LogP contribution is -2.44. The van der Waals surface area contributed by atoms with Gasteiger partial charge in [0.15, 0.2) is 0 Å². The molecule has 3 nitrogen and oxygen atoms in total. The molecule has 1 amide bonds. The van der Waals surface area contributed by atoms with Crippen molar-refractivity contribution in [2.45, 2.75) is 19.4 Å². The Bertz CT molecular complexity index is 322. The predicted octanol–water partition coefficient (Wildman–Crippen LogP) is 1.30. The SMILES string of the molecule is CCNC(Cc1ccccc1)C(=O)N(C)C. The zero-order chi connectivity index (χ0) is 12.0. The summed E-state index contributed by atoms with van der Waals surface area (Å²) < 4.78 is 0. The number of carbonyl (C=O) groups excluding carboxylic acids is 1. The van der Waals surface area contributed by atoms with E-state index in [-0.39, 0.29) is 11.9 Å². The van der Waals surface area contributed by atoms with Crippen molar-refractivity contribution >= 4 is 5.91 Å². The molecule has 1 unspecified atom stereocenters. The second-order valence-corrected chi connectivity index (χ2v) is 4.03. The highest BCUT2D eigenvalue weighted by Gasteiger charge is 2.18. The average Bonchev–Trinajstić information content (AvgIpc) is 2.29. The molecule has 0 aromatic heterocycles. The van der Waals surface area contributed by atoms with Crippen LogP contribution in [-0.2, 0) is 11.2 Å². The van der Waals surface area contributed by atoms with Gasteiger partial charge in [-0.05, 0) is 18.5 Å². The first-order chi connectivity index (χ1) is 7.65. The molecule has 0 spiro atoms. The van der Waals surface area contributed by atoms with Crippen molar-refractivity contribution in [3.05, 3.63) is 35.9 Å². The lowest BCUT2D eigenvalue weighted by Gasteiger charge is -2.21. The van der Waals surface area contributed by atoms with E-state index >= 15 is 0 Å². The van der Waals surface area contributed by atoms with Crippen LogP contribution in [0.25, 0.3) is 0 Å². The van der Waals surface area contributed by atoms with Gasteiger partial charge in [-0.3, -0.25) is 4.79 Å². The fourth-order valence-electron chi connectivity index (χ4n) is 1.65. The van der Waals surface area contributed by atoms with Crippen molar-refractivity contribution in [2.75, 3.05) is 20.6 Å². The average molecular weight is 220 g/mol. The summed E-state index contributed by atoms with van der Waals surface area (Å²) in [6.07, 6.45) is 0.742. The van der Waals surface area contributed by atoms with Crippen LogP contribution in [0.1, 0.15) is 12.5 Å². The van der Waals surface area contributed by atoms with E-state index in [2.05, 4.69) is 5.32 Å². The molecule has 0 heterocycles. The zero-order valence-electron chi connectivity index (χ0n) is 10.2. The third-order valence-corrected chi connectivity index (χ3v) is 2.47. The van der Waals surface area contributed by atoms with E-state index in [4.69, 9.17) is 0 Å². The van der Waals surface area contributed by atoms with Gasteiger partial charge in [0, 0.05) is 14.1 Å². The Balaban J connectivity index is 2.68. The van der Waals surface area contributed by atoms with Gasteiger partial charge in [0.25, 0.3) is 0 Å². The van der Waals surface area contributed by atoms with Crippen LogP contribution < -0.4 is 5.32 Å². The summed E-state index contributed by atoms with van der Waals surface area (Å²) in [7, 11) is 3.58. The first-order valence-electron chi connectivity index (χ1n) is 5.63. The van der Waals surface area contributed by atoms with Gasteiger partial charge >= 0.3 is 0 Å². The van der Waals surface area contributed by atoms with Crippen molar-refractivity contribution < 1.29 is 4.79 Å². The fourth-order valence-corrected chi connectivity index (χ4v) is 1.65. The number of benzene rings is 1. The molecule has 0 fully saturated rings. The molecule has 16 heavy (non-hydrogen) atoms. The highest BCUT2D eigenvalue weighted by atomic mass is 16.2. The Labute approximate surface area is 97.5 Å². The van der Waals surface area contributed by atoms with E-state index in [1.54, 1.807) is 19.0 Å². The predicted molar refractivity (Wildman–Crippen MR) is 66.3 cm³/mol. The summed E-state index contributed by atoms with van der Waals surface area (Å²) in [6, 6.07) is 9.96. The van der Waals surface area contributed by atoms with E-state index in [1.807, 2.05) is 37.3 Å². The molecule has 1 N–H and O–H groups in total. The minimum absolute atomic E-state index is 0.123. The molecule has 1 rings (SSSR count). The van der Waals surface area contributed by atoms with Crippen LogP contribution in [0.4, 0.5) is 0 Å². The van der Waals surface area contributed by atoms with Crippen molar-refractivity contribution in [1.29, 1.82) is 0 Å². The van der Waals surface area contributed by atoms with Gasteiger partial charge in [0.2, 0.25) is 5.91 Å². The Morgan fingerprint density at radius 2 is 1.94 bits per heavy atom. The van der Waals surface area contributed by atoms with Crippen molar-refractivity contribution in [3.63, 3.8) is 0 Å². The van der Waals surface area contributed by atoms with Crippen molar-refractivity contribution in [2.24, 2.45) is 0 Å². The molecule has 0 aliphatic heterocycles. The van der Waals surface area contributed by atoms with Crippen molar-refractivity contribution in [3.8, 4) is 0 Å². The van der Waals surface area contributed by atoms with Crippen LogP contribution in [0.3, 0.4) is 0 Å². The number of nitrogens with one attached hydrogen (secondary N) is 1. The Morgan fingerprint density at radius 3 is 2.44 bits per heavy atom. The quantitative estimate of drug-likeness (QED) is 0.811. The summed E-state index contributed by atoms with van der Waals surface area (Å²) in [5, 5.41) is 3.22. The molecule has 1 atom stereocenters. The van der Waals surface area contributed by atoms with Crippen LogP contribution in [-0.4, -0.2) is 37.5 Å². The fraction of sp³-hybridized carbons (Fsp3) is 0.462. The smallest absolute Gasteiger partial charge is 0.239 e. The molecule has 3 heteroatoms. The standard InChI is InChI=1S/C13H20N2O/c1-4-14-12(13(16)15(2)3)10-11-8-6-5-7-9-11/h5-9,12,14H,4,10H2,1-3H3. The molecular weight excluding hydrogens is 200 g/mol. The molecule has 1 aromatic carbocycles. The Morgan fingerprint density at radius 1 is 1.31 bits per heavy atom. The second kappa shape index (κ2) is 6.28. The topological polar surface area (TPSA) is 32.3 Å². The monoisotopic (exact) mass is 220 g/mol. The summed E-state index contributed by atoms with van der Waals surface area (Å²) in [4.78, 5) is 13.5. The molecule has 1 aromatic rings. The van der Waals surface area contributed by atoms with E-state index < -0.39 is 0 Å². The van der Waals surface area contributed by atoms with Crippen molar-refractivity contribution in [1.82, 2.24) is 10.2 Å². The van der Waals surface area contributed by atoms with E-state index in [9.17, 15) is 4.79 Å². The lowest BCUT2D eigenvalue weighted by molar-refractivity contribution is -0.130. The van der Waals surface area contributed by atoms with Gasteiger partial charge in [0.05, 0.1) is 6.04 Å². The van der Waals surface area contributed by atoms with Gasteiger partial charge in [0.1, 0.15) is 0 Å². The normalized spacial score (nSPS) is 12.2. The van der Waals surface area contributed by atoms with E-state index in [0.29, 0.717) is 0 Å². The van der Waals surface area contributed by atoms with Gasteiger partial charge in [-0.2, -0.15) is 0 Å². The molecule has 0 aliphatic rings. The number of amides is 1. The highest BCUT2D eigenvalue weighted by molar-refractivity contribution is 5.81.